The number of carbonyl (C=O) groups excluding carboxylic acids is 1. The Morgan fingerprint density at radius 2 is 1.92 bits per heavy atom. The first kappa shape index (κ1) is 18.2. The molecule has 2 aromatic rings. The lowest BCUT2D eigenvalue weighted by molar-refractivity contribution is -0.138. The zero-order chi connectivity index (χ0) is 17.5. The van der Waals surface area contributed by atoms with Crippen LogP contribution in [-0.2, 0) is 16.1 Å². The molecule has 2 rings (SSSR count). The molecular formula is C18H16Cl2O4. The molecule has 0 aliphatic heterocycles. The van der Waals surface area contributed by atoms with E-state index in [9.17, 15) is 4.79 Å². The van der Waals surface area contributed by atoms with Crippen LogP contribution in [-0.4, -0.2) is 20.2 Å². The summed E-state index contributed by atoms with van der Waals surface area (Å²) in [5.41, 5.74) is 1.39. The Morgan fingerprint density at radius 1 is 1.12 bits per heavy atom. The summed E-state index contributed by atoms with van der Waals surface area (Å²) in [5, 5.41) is 0.980. The summed E-state index contributed by atoms with van der Waals surface area (Å²) in [6.45, 7) is 0.0639. The highest BCUT2D eigenvalue weighted by molar-refractivity contribution is 6.35. The number of methoxy groups -OCH3 is 2. The van der Waals surface area contributed by atoms with Crippen LogP contribution in [0, 0.1) is 0 Å². The lowest BCUT2D eigenvalue weighted by Crippen LogP contribution is -2.01. The van der Waals surface area contributed by atoms with Gasteiger partial charge in [0.05, 0.1) is 14.2 Å². The average molecular weight is 367 g/mol. The van der Waals surface area contributed by atoms with Crippen molar-refractivity contribution < 1.29 is 19.0 Å². The van der Waals surface area contributed by atoms with Crippen LogP contribution in [0.5, 0.6) is 11.5 Å². The van der Waals surface area contributed by atoms with E-state index in [4.69, 9.17) is 37.4 Å². The summed E-state index contributed by atoms with van der Waals surface area (Å²) >= 11 is 11.9. The minimum absolute atomic E-state index is 0.0639. The molecule has 2 aromatic carbocycles. The molecule has 6 heteroatoms. The van der Waals surface area contributed by atoms with Crippen LogP contribution in [0.2, 0.25) is 10.0 Å². The Morgan fingerprint density at radius 3 is 2.58 bits per heavy atom. The Balaban J connectivity index is 2.03. The predicted octanol–water partition coefficient (Wildman–Crippen LogP) is 4.77. The molecule has 0 fully saturated rings. The molecule has 126 valence electrons. The van der Waals surface area contributed by atoms with Gasteiger partial charge in [0.25, 0.3) is 0 Å². The summed E-state index contributed by atoms with van der Waals surface area (Å²) < 4.78 is 15.7. The fourth-order valence-corrected chi connectivity index (χ4v) is 2.50. The molecule has 0 unspecified atom stereocenters. The van der Waals surface area contributed by atoms with Crippen LogP contribution in [0.3, 0.4) is 0 Å². The maximum Gasteiger partial charge on any atom is 0.331 e. The minimum Gasteiger partial charge on any atom is -0.493 e. The van der Waals surface area contributed by atoms with Crippen molar-refractivity contribution in [2.45, 2.75) is 6.61 Å². The quantitative estimate of drug-likeness (QED) is 0.545. The van der Waals surface area contributed by atoms with E-state index in [1.165, 1.54) is 13.2 Å². The third-order valence-corrected chi connectivity index (χ3v) is 3.80. The second kappa shape index (κ2) is 8.62. The van der Waals surface area contributed by atoms with Gasteiger partial charge in [0.1, 0.15) is 6.61 Å². The van der Waals surface area contributed by atoms with Gasteiger partial charge >= 0.3 is 5.97 Å². The molecule has 0 saturated heterocycles. The lowest BCUT2D eigenvalue weighted by atomic mass is 10.1. The van der Waals surface area contributed by atoms with Crippen molar-refractivity contribution in [2.75, 3.05) is 14.2 Å². The van der Waals surface area contributed by atoms with E-state index in [0.717, 1.165) is 0 Å². The molecule has 24 heavy (non-hydrogen) atoms. The van der Waals surface area contributed by atoms with Crippen molar-refractivity contribution in [1.29, 1.82) is 0 Å². The summed E-state index contributed by atoms with van der Waals surface area (Å²) in [5.74, 6) is 0.636. The Labute approximate surface area is 150 Å². The van der Waals surface area contributed by atoms with E-state index in [1.54, 1.807) is 49.6 Å². The molecular weight excluding hydrogens is 351 g/mol. The fourth-order valence-electron chi connectivity index (χ4n) is 2.04. The number of carbonyl (C=O) groups is 1. The van der Waals surface area contributed by atoms with Gasteiger partial charge in [-0.15, -0.1) is 0 Å². The normalized spacial score (nSPS) is 10.7. The number of hydrogen-bond donors (Lipinski definition) is 0. The van der Waals surface area contributed by atoms with Gasteiger partial charge < -0.3 is 14.2 Å². The van der Waals surface area contributed by atoms with Gasteiger partial charge in [0.2, 0.25) is 0 Å². The predicted molar refractivity (Wildman–Crippen MR) is 94.8 cm³/mol. The van der Waals surface area contributed by atoms with Crippen molar-refractivity contribution >= 4 is 35.2 Å². The molecule has 0 bridgehead atoms. The van der Waals surface area contributed by atoms with Crippen LogP contribution in [0.25, 0.3) is 6.08 Å². The van der Waals surface area contributed by atoms with Gasteiger partial charge in [-0.1, -0.05) is 41.4 Å². The number of ether oxygens (including phenoxy) is 3. The topological polar surface area (TPSA) is 44.8 Å². The molecule has 0 saturated carbocycles. The van der Waals surface area contributed by atoms with Gasteiger partial charge in [-0.3, -0.25) is 0 Å². The smallest absolute Gasteiger partial charge is 0.331 e. The van der Waals surface area contributed by atoms with Gasteiger partial charge in [-0.2, -0.15) is 0 Å². The zero-order valence-corrected chi connectivity index (χ0v) is 14.7. The Bertz CT molecular complexity index is 757. The number of para-hydroxylation sites is 1. The third kappa shape index (κ3) is 4.66. The Kier molecular flexibility index (Phi) is 6.53. The first-order chi connectivity index (χ1) is 11.5. The zero-order valence-electron chi connectivity index (χ0n) is 13.2. The molecule has 0 aliphatic carbocycles. The van der Waals surface area contributed by atoms with E-state index in [0.29, 0.717) is 32.7 Å². The first-order valence-electron chi connectivity index (χ1n) is 7.05. The van der Waals surface area contributed by atoms with E-state index < -0.39 is 5.97 Å². The minimum atomic E-state index is -0.495. The molecule has 0 amide bonds. The average Bonchev–Trinajstić information content (AvgIpc) is 2.58. The van der Waals surface area contributed by atoms with Crippen LogP contribution in [0.4, 0.5) is 0 Å². The highest BCUT2D eigenvalue weighted by Gasteiger charge is 2.08. The summed E-state index contributed by atoms with van der Waals surface area (Å²) in [4.78, 5) is 11.9. The second-order valence-electron chi connectivity index (χ2n) is 4.76. The number of halogens is 2. The van der Waals surface area contributed by atoms with Gasteiger partial charge in [-0.25, -0.2) is 4.79 Å². The van der Waals surface area contributed by atoms with Gasteiger partial charge in [-0.05, 0) is 24.3 Å². The number of benzene rings is 2. The van der Waals surface area contributed by atoms with Gasteiger partial charge in [0, 0.05) is 27.2 Å². The largest absolute Gasteiger partial charge is 0.493 e. The maximum atomic E-state index is 11.9. The van der Waals surface area contributed by atoms with Crippen LogP contribution in [0.15, 0.2) is 42.5 Å². The third-order valence-electron chi connectivity index (χ3n) is 3.22. The molecule has 0 aliphatic rings. The fraction of sp³-hybridized carbons (Fsp3) is 0.167. The van der Waals surface area contributed by atoms with E-state index in [-0.39, 0.29) is 6.61 Å². The standard InChI is InChI=1S/C18H16Cl2O4/c1-22-16-5-3-4-12(18(16)23-2)7-9-17(21)24-11-13-6-8-14(19)10-15(13)20/h3-10H,11H2,1-2H3/b9-7+. The second-order valence-corrected chi connectivity index (χ2v) is 5.60. The number of rotatable bonds is 6. The number of hydrogen-bond acceptors (Lipinski definition) is 4. The molecule has 0 radical (unpaired) electrons. The molecule has 0 heterocycles. The summed E-state index contributed by atoms with van der Waals surface area (Å²) in [7, 11) is 3.09. The SMILES string of the molecule is COc1cccc(/C=C/C(=O)OCc2ccc(Cl)cc2Cl)c1OC. The first-order valence-corrected chi connectivity index (χ1v) is 7.80. The maximum absolute atomic E-state index is 11.9. The highest BCUT2D eigenvalue weighted by atomic mass is 35.5. The van der Waals surface area contributed by atoms with E-state index in [2.05, 4.69) is 0 Å². The molecule has 0 spiro atoms. The Hall–Kier alpha value is -2.17. The highest BCUT2D eigenvalue weighted by Crippen LogP contribution is 2.31. The summed E-state index contributed by atoms with van der Waals surface area (Å²) in [6.07, 6.45) is 2.92. The molecule has 4 nitrogen and oxygen atoms in total. The van der Waals surface area contributed by atoms with Crippen molar-refractivity contribution in [2.24, 2.45) is 0 Å². The van der Waals surface area contributed by atoms with Crippen molar-refractivity contribution in [3.8, 4) is 11.5 Å². The molecule has 0 aromatic heterocycles. The van der Waals surface area contributed by atoms with E-state index >= 15 is 0 Å². The van der Waals surface area contributed by atoms with Crippen LogP contribution < -0.4 is 9.47 Å². The summed E-state index contributed by atoms with van der Waals surface area (Å²) in [6, 6.07) is 10.4. The van der Waals surface area contributed by atoms with Crippen LogP contribution >= 0.6 is 23.2 Å². The molecule has 0 atom stereocenters. The molecule has 0 N–H and O–H groups in total. The van der Waals surface area contributed by atoms with Crippen molar-refractivity contribution in [1.82, 2.24) is 0 Å². The lowest BCUT2D eigenvalue weighted by Gasteiger charge is -2.09. The van der Waals surface area contributed by atoms with Crippen LogP contribution in [0.1, 0.15) is 11.1 Å². The van der Waals surface area contributed by atoms with E-state index in [1.807, 2.05) is 0 Å². The van der Waals surface area contributed by atoms with Gasteiger partial charge in [0.15, 0.2) is 11.5 Å². The van der Waals surface area contributed by atoms with Crippen molar-refractivity contribution in [3.63, 3.8) is 0 Å². The monoisotopic (exact) mass is 366 g/mol. The van der Waals surface area contributed by atoms with Crippen molar-refractivity contribution in [3.05, 3.63) is 63.6 Å². The number of esters is 1.